The van der Waals surface area contributed by atoms with E-state index in [2.05, 4.69) is 30.3 Å². The van der Waals surface area contributed by atoms with Crippen molar-refractivity contribution >= 4 is 28.9 Å². The highest BCUT2D eigenvalue weighted by Gasteiger charge is 2.24. The van der Waals surface area contributed by atoms with E-state index in [4.69, 9.17) is 4.52 Å². The van der Waals surface area contributed by atoms with Crippen LogP contribution in [0, 0.1) is 0 Å². The van der Waals surface area contributed by atoms with Crippen molar-refractivity contribution in [2.24, 2.45) is 0 Å². The van der Waals surface area contributed by atoms with Gasteiger partial charge in [0.05, 0.1) is 11.4 Å². The van der Waals surface area contributed by atoms with Crippen LogP contribution in [0.1, 0.15) is 16.2 Å². The van der Waals surface area contributed by atoms with Gasteiger partial charge >= 0.3 is 0 Å². The Labute approximate surface area is 188 Å². The highest BCUT2D eigenvalue weighted by atomic mass is 32.1. The fraction of sp³-hybridized carbons (Fsp3) is 0.227. The van der Waals surface area contributed by atoms with Gasteiger partial charge in [-0.15, -0.1) is 11.3 Å². The molecule has 1 aliphatic heterocycles. The predicted octanol–water partition coefficient (Wildman–Crippen LogP) is 3.29. The molecular weight excluding hydrogens is 426 g/mol. The number of piperazine rings is 1. The molecule has 1 aliphatic rings. The van der Waals surface area contributed by atoms with Gasteiger partial charge < -0.3 is 14.7 Å². The maximum Gasteiger partial charge on any atom is 0.254 e. The Morgan fingerprint density at radius 1 is 1.06 bits per heavy atom. The van der Waals surface area contributed by atoms with Crippen LogP contribution in [-0.2, 0) is 6.54 Å². The second-order valence-electron chi connectivity index (χ2n) is 7.34. The summed E-state index contributed by atoms with van der Waals surface area (Å²) in [6.45, 7) is 3.36. The Balaban J connectivity index is 1.17. The van der Waals surface area contributed by atoms with Gasteiger partial charge in [-0.1, -0.05) is 17.3 Å². The molecule has 1 saturated heterocycles. The van der Waals surface area contributed by atoms with Crippen LogP contribution in [0.15, 0.2) is 64.8 Å². The fourth-order valence-corrected chi connectivity index (χ4v) is 4.18. The number of carbonyl (C=O) groups is 1. The van der Waals surface area contributed by atoms with Crippen LogP contribution in [0.2, 0.25) is 0 Å². The van der Waals surface area contributed by atoms with Crippen molar-refractivity contribution in [2.75, 3.05) is 31.5 Å². The quantitative estimate of drug-likeness (QED) is 0.481. The van der Waals surface area contributed by atoms with Gasteiger partial charge in [-0.3, -0.25) is 9.69 Å². The Morgan fingerprint density at radius 2 is 1.91 bits per heavy atom. The fourth-order valence-electron chi connectivity index (χ4n) is 3.53. The standard InChI is InChI=1S/C22H21N7O2S/c30-21(16-4-1-5-17(14-16)25-22-23-7-3-8-24-22)29-11-9-28(10-12-29)15-19-26-20(27-31-19)18-6-2-13-32-18/h1-8,13-14H,9-12,15H2,(H,23,24,25). The van der Waals surface area contributed by atoms with Gasteiger partial charge in [-0.2, -0.15) is 4.98 Å². The molecule has 4 aromatic rings. The van der Waals surface area contributed by atoms with Crippen molar-refractivity contribution in [3.8, 4) is 10.7 Å². The lowest BCUT2D eigenvalue weighted by Crippen LogP contribution is -2.48. The Bertz CT molecular complexity index is 1170. The zero-order valence-electron chi connectivity index (χ0n) is 17.2. The first-order valence-electron chi connectivity index (χ1n) is 10.3. The molecule has 4 heterocycles. The maximum absolute atomic E-state index is 13.0. The van der Waals surface area contributed by atoms with E-state index in [1.807, 2.05) is 46.7 Å². The summed E-state index contributed by atoms with van der Waals surface area (Å²) < 4.78 is 5.40. The second-order valence-corrected chi connectivity index (χ2v) is 8.28. The minimum atomic E-state index is 0.0139. The van der Waals surface area contributed by atoms with Gasteiger partial charge in [0.1, 0.15) is 0 Å². The largest absolute Gasteiger partial charge is 0.338 e. The molecule has 162 valence electrons. The minimum Gasteiger partial charge on any atom is -0.338 e. The SMILES string of the molecule is O=C(c1cccc(Nc2ncccn2)c1)N1CCN(Cc2nc(-c3cccs3)no2)CC1. The number of hydrogen-bond donors (Lipinski definition) is 1. The lowest BCUT2D eigenvalue weighted by Gasteiger charge is -2.34. The molecule has 1 aromatic carbocycles. The molecule has 1 N–H and O–H groups in total. The summed E-state index contributed by atoms with van der Waals surface area (Å²) >= 11 is 1.58. The Hall–Kier alpha value is -3.63. The van der Waals surface area contributed by atoms with Crippen LogP contribution in [0.4, 0.5) is 11.6 Å². The first kappa shape index (κ1) is 20.3. The van der Waals surface area contributed by atoms with E-state index in [0.717, 1.165) is 23.7 Å². The van der Waals surface area contributed by atoms with Crippen LogP contribution >= 0.6 is 11.3 Å². The molecule has 0 aliphatic carbocycles. The number of nitrogens with one attached hydrogen (secondary N) is 1. The third kappa shape index (κ3) is 4.66. The zero-order valence-corrected chi connectivity index (χ0v) is 18.0. The molecule has 1 amide bonds. The molecular formula is C22H21N7O2S. The van der Waals surface area contributed by atoms with Crippen LogP contribution < -0.4 is 5.32 Å². The lowest BCUT2D eigenvalue weighted by molar-refractivity contribution is 0.0615. The number of nitrogens with zero attached hydrogens (tertiary/aromatic N) is 6. The molecule has 3 aromatic heterocycles. The number of thiophene rings is 1. The van der Waals surface area contributed by atoms with E-state index in [1.165, 1.54) is 0 Å². The average Bonchev–Trinajstić information content (AvgIpc) is 3.52. The van der Waals surface area contributed by atoms with Gasteiger partial charge in [0.2, 0.25) is 17.7 Å². The number of rotatable bonds is 6. The number of hydrogen-bond acceptors (Lipinski definition) is 9. The van der Waals surface area contributed by atoms with E-state index >= 15 is 0 Å². The normalized spacial score (nSPS) is 14.4. The van der Waals surface area contributed by atoms with Crippen LogP contribution in [0.5, 0.6) is 0 Å². The van der Waals surface area contributed by atoms with Crippen molar-refractivity contribution < 1.29 is 9.32 Å². The van der Waals surface area contributed by atoms with Crippen LogP contribution in [0.3, 0.4) is 0 Å². The van der Waals surface area contributed by atoms with Gasteiger partial charge in [0.25, 0.3) is 5.91 Å². The molecule has 0 atom stereocenters. The molecule has 9 nitrogen and oxygen atoms in total. The molecule has 5 rings (SSSR count). The molecule has 10 heteroatoms. The molecule has 1 fully saturated rings. The summed E-state index contributed by atoms with van der Waals surface area (Å²) in [5.41, 5.74) is 1.41. The zero-order chi connectivity index (χ0) is 21.8. The summed E-state index contributed by atoms with van der Waals surface area (Å²) in [5.74, 6) is 1.72. The maximum atomic E-state index is 13.0. The summed E-state index contributed by atoms with van der Waals surface area (Å²) in [6, 6.07) is 13.1. The molecule has 0 unspecified atom stereocenters. The van der Waals surface area contributed by atoms with Crippen LogP contribution in [0.25, 0.3) is 10.7 Å². The number of anilines is 2. The van der Waals surface area contributed by atoms with E-state index in [-0.39, 0.29) is 5.91 Å². The van der Waals surface area contributed by atoms with Crippen LogP contribution in [-0.4, -0.2) is 62.0 Å². The van der Waals surface area contributed by atoms with Crippen molar-refractivity contribution in [3.63, 3.8) is 0 Å². The smallest absolute Gasteiger partial charge is 0.254 e. The number of carbonyl (C=O) groups excluding carboxylic acids is 1. The molecule has 32 heavy (non-hydrogen) atoms. The van der Waals surface area contributed by atoms with Crippen molar-refractivity contribution in [3.05, 3.63) is 71.7 Å². The molecule has 0 spiro atoms. The lowest BCUT2D eigenvalue weighted by atomic mass is 10.1. The van der Waals surface area contributed by atoms with E-state index in [0.29, 0.717) is 42.9 Å². The minimum absolute atomic E-state index is 0.0139. The summed E-state index contributed by atoms with van der Waals surface area (Å²) in [4.78, 5) is 30.9. The van der Waals surface area contributed by atoms with Gasteiger partial charge in [0.15, 0.2) is 0 Å². The molecule has 0 radical (unpaired) electrons. The highest BCUT2D eigenvalue weighted by molar-refractivity contribution is 7.13. The molecule has 0 bridgehead atoms. The highest BCUT2D eigenvalue weighted by Crippen LogP contribution is 2.22. The molecule has 0 saturated carbocycles. The number of benzene rings is 1. The van der Waals surface area contributed by atoms with Crippen molar-refractivity contribution in [1.82, 2.24) is 29.9 Å². The summed E-state index contributed by atoms with van der Waals surface area (Å²) in [6.07, 6.45) is 3.34. The number of aromatic nitrogens is 4. The van der Waals surface area contributed by atoms with E-state index < -0.39 is 0 Å². The van der Waals surface area contributed by atoms with E-state index in [9.17, 15) is 4.79 Å². The monoisotopic (exact) mass is 447 g/mol. The average molecular weight is 448 g/mol. The van der Waals surface area contributed by atoms with Gasteiger partial charge in [0, 0.05) is 49.8 Å². The number of amides is 1. The van der Waals surface area contributed by atoms with E-state index in [1.54, 1.807) is 29.8 Å². The third-order valence-electron chi connectivity index (χ3n) is 5.16. The summed E-state index contributed by atoms with van der Waals surface area (Å²) in [7, 11) is 0. The predicted molar refractivity (Wildman–Crippen MR) is 121 cm³/mol. The first-order valence-corrected chi connectivity index (χ1v) is 11.1. The third-order valence-corrected chi connectivity index (χ3v) is 6.03. The first-order chi connectivity index (χ1) is 15.7. The second kappa shape index (κ2) is 9.25. The van der Waals surface area contributed by atoms with Gasteiger partial charge in [-0.05, 0) is 35.7 Å². The van der Waals surface area contributed by atoms with Gasteiger partial charge in [-0.25, -0.2) is 9.97 Å². The van der Waals surface area contributed by atoms with Crippen molar-refractivity contribution in [2.45, 2.75) is 6.54 Å². The Kier molecular flexibility index (Phi) is 5.86. The Morgan fingerprint density at radius 3 is 2.69 bits per heavy atom. The topological polar surface area (TPSA) is 100 Å². The van der Waals surface area contributed by atoms with Crippen molar-refractivity contribution in [1.29, 1.82) is 0 Å². The summed E-state index contributed by atoms with van der Waals surface area (Å²) in [5, 5.41) is 9.18.